The molecule has 0 aliphatic heterocycles. The molecule has 0 unspecified atom stereocenters. The molecule has 0 fully saturated rings. The minimum atomic E-state index is -0.0222. The first-order chi connectivity index (χ1) is 5.54. The van der Waals surface area contributed by atoms with Crippen LogP contribution in [0.4, 0.5) is 0 Å². The second-order valence-electron chi connectivity index (χ2n) is 3.80. The normalized spacial score (nSPS) is 11.7. The zero-order valence-corrected chi connectivity index (χ0v) is 7.70. The molecule has 0 aliphatic carbocycles. The molecule has 1 aromatic rings. The van der Waals surface area contributed by atoms with Crippen molar-refractivity contribution in [3.8, 4) is 0 Å². The Morgan fingerprint density at radius 3 is 2.50 bits per heavy atom. The van der Waals surface area contributed by atoms with Crippen LogP contribution in [0.3, 0.4) is 0 Å². The summed E-state index contributed by atoms with van der Waals surface area (Å²) in [6.45, 7) is 6.22. The van der Waals surface area contributed by atoms with Gasteiger partial charge in [-0.2, -0.15) is 0 Å². The van der Waals surface area contributed by atoms with Gasteiger partial charge in [-0.25, -0.2) is 9.97 Å². The van der Waals surface area contributed by atoms with Crippen molar-refractivity contribution in [2.75, 3.05) is 0 Å². The predicted molar refractivity (Wildman–Crippen MR) is 46.7 cm³/mol. The Morgan fingerprint density at radius 1 is 1.33 bits per heavy atom. The van der Waals surface area contributed by atoms with Crippen molar-refractivity contribution in [1.82, 2.24) is 9.97 Å². The Labute approximate surface area is 72.5 Å². The quantitative estimate of drug-likeness (QED) is 0.683. The Bertz CT molecular complexity index is 265. The average molecular weight is 166 g/mol. The first-order valence-corrected chi connectivity index (χ1v) is 3.96. The minimum absolute atomic E-state index is 0.0207. The van der Waals surface area contributed by atoms with Crippen LogP contribution in [0.2, 0.25) is 0 Å². The van der Waals surface area contributed by atoms with Gasteiger partial charge in [0.2, 0.25) is 0 Å². The molecule has 12 heavy (non-hydrogen) atoms. The van der Waals surface area contributed by atoms with E-state index in [1.807, 2.05) is 6.07 Å². The number of aromatic nitrogens is 2. The summed E-state index contributed by atoms with van der Waals surface area (Å²) in [5.41, 5.74) is 1.66. The summed E-state index contributed by atoms with van der Waals surface area (Å²) in [4.78, 5) is 8.05. The molecule has 66 valence electrons. The van der Waals surface area contributed by atoms with Crippen molar-refractivity contribution in [2.45, 2.75) is 32.8 Å². The lowest BCUT2D eigenvalue weighted by Gasteiger charge is -2.17. The van der Waals surface area contributed by atoms with E-state index in [1.165, 1.54) is 6.33 Å². The monoisotopic (exact) mass is 166 g/mol. The molecule has 0 atom stereocenters. The van der Waals surface area contributed by atoms with Gasteiger partial charge in [0.15, 0.2) is 0 Å². The van der Waals surface area contributed by atoms with Crippen molar-refractivity contribution in [3.05, 3.63) is 23.8 Å². The molecular formula is C9H14N2O. The first-order valence-electron chi connectivity index (χ1n) is 3.96. The fourth-order valence-corrected chi connectivity index (χ4v) is 0.894. The molecule has 0 saturated heterocycles. The van der Waals surface area contributed by atoms with Crippen LogP contribution in [0.15, 0.2) is 12.4 Å². The molecule has 0 saturated carbocycles. The van der Waals surface area contributed by atoms with Crippen LogP contribution in [0.1, 0.15) is 32.2 Å². The van der Waals surface area contributed by atoms with Crippen molar-refractivity contribution in [2.24, 2.45) is 0 Å². The summed E-state index contributed by atoms with van der Waals surface area (Å²) >= 11 is 0. The van der Waals surface area contributed by atoms with E-state index in [4.69, 9.17) is 5.11 Å². The Balaban J connectivity index is 3.02. The summed E-state index contributed by atoms with van der Waals surface area (Å²) in [7, 11) is 0. The van der Waals surface area contributed by atoms with Gasteiger partial charge in [0.1, 0.15) is 6.33 Å². The number of aliphatic hydroxyl groups is 1. The second kappa shape index (κ2) is 3.19. The van der Waals surface area contributed by atoms with Crippen LogP contribution in [-0.4, -0.2) is 15.1 Å². The summed E-state index contributed by atoms with van der Waals surface area (Å²) in [6.07, 6.45) is 1.49. The van der Waals surface area contributed by atoms with E-state index in [9.17, 15) is 0 Å². The number of rotatable bonds is 1. The molecule has 0 aliphatic rings. The lowest BCUT2D eigenvalue weighted by molar-refractivity contribution is 0.276. The van der Waals surface area contributed by atoms with Crippen molar-refractivity contribution < 1.29 is 5.11 Å². The lowest BCUT2D eigenvalue weighted by Crippen LogP contribution is -2.14. The SMILES string of the molecule is CC(C)(C)c1cc(CO)ncn1. The van der Waals surface area contributed by atoms with Crippen LogP contribution >= 0.6 is 0 Å². The zero-order valence-electron chi connectivity index (χ0n) is 7.70. The number of hydrogen-bond acceptors (Lipinski definition) is 3. The van der Waals surface area contributed by atoms with Crippen LogP contribution in [0.25, 0.3) is 0 Å². The highest BCUT2D eigenvalue weighted by atomic mass is 16.3. The summed E-state index contributed by atoms with van der Waals surface area (Å²) in [6, 6.07) is 1.83. The molecule has 0 radical (unpaired) electrons. The molecule has 3 heteroatoms. The van der Waals surface area contributed by atoms with Gasteiger partial charge in [-0.05, 0) is 6.07 Å². The van der Waals surface area contributed by atoms with E-state index in [2.05, 4.69) is 30.7 Å². The van der Waals surface area contributed by atoms with Gasteiger partial charge in [0.25, 0.3) is 0 Å². The van der Waals surface area contributed by atoms with Gasteiger partial charge in [0.05, 0.1) is 12.3 Å². The maximum absolute atomic E-state index is 8.84. The maximum atomic E-state index is 8.84. The summed E-state index contributed by atoms with van der Waals surface area (Å²) in [5, 5.41) is 8.84. The molecule has 1 rings (SSSR count). The predicted octanol–water partition coefficient (Wildman–Crippen LogP) is 1.27. The molecule has 1 N–H and O–H groups in total. The number of nitrogens with zero attached hydrogens (tertiary/aromatic N) is 2. The molecule has 0 spiro atoms. The van der Waals surface area contributed by atoms with Gasteiger partial charge in [-0.15, -0.1) is 0 Å². The molecular weight excluding hydrogens is 152 g/mol. The van der Waals surface area contributed by atoms with Crippen molar-refractivity contribution in [1.29, 1.82) is 0 Å². The Kier molecular flexibility index (Phi) is 2.43. The minimum Gasteiger partial charge on any atom is -0.390 e. The number of aliphatic hydroxyl groups excluding tert-OH is 1. The van der Waals surface area contributed by atoms with Gasteiger partial charge < -0.3 is 5.11 Å². The third kappa shape index (κ3) is 2.01. The smallest absolute Gasteiger partial charge is 0.116 e. The van der Waals surface area contributed by atoms with E-state index < -0.39 is 0 Å². The van der Waals surface area contributed by atoms with Crippen molar-refractivity contribution in [3.63, 3.8) is 0 Å². The van der Waals surface area contributed by atoms with Crippen LogP contribution in [-0.2, 0) is 12.0 Å². The van der Waals surface area contributed by atoms with Gasteiger partial charge >= 0.3 is 0 Å². The maximum Gasteiger partial charge on any atom is 0.116 e. The lowest BCUT2D eigenvalue weighted by atomic mass is 9.92. The Morgan fingerprint density at radius 2 is 2.00 bits per heavy atom. The average Bonchev–Trinajstić information content (AvgIpc) is 2.03. The third-order valence-electron chi connectivity index (χ3n) is 1.65. The van der Waals surface area contributed by atoms with Gasteiger partial charge in [0, 0.05) is 11.1 Å². The van der Waals surface area contributed by atoms with E-state index >= 15 is 0 Å². The summed E-state index contributed by atoms with van der Waals surface area (Å²) in [5.74, 6) is 0. The molecule has 3 nitrogen and oxygen atoms in total. The summed E-state index contributed by atoms with van der Waals surface area (Å²) < 4.78 is 0. The Hall–Kier alpha value is -0.960. The van der Waals surface area contributed by atoms with E-state index in [-0.39, 0.29) is 12.0 Å². The largest absolute Gasteiger partial charge is 0.390 e. The van der Waals surface area contributed by atoms with E-state index in [1.54, 1.807) is 0 Å². The van der Waals surface area contributed by atoms with E-state index in [0.29, 0.717) is 5.69 Å². The molecule has 1 heterocycles. The molecule has 0 aromatic carbocycles. The van der Waals surface area contributed by atoms with Gasteiger partial charge in [-0.1, -0.05) is 20.8 Å². The fraction of sp³-hybridized carbons (Fsp3) is 0.556. The second-order valence-corrected chi connectivity index (χ2v) is 3.80. The van der Waals surface area contributed by atoms with Crippen LogP contribution in [0, 0.1) is 0 Å². The standard InChI is InChI=1S/C9H14N2O/c1-9(2,3)8-4-7(5-12)10-6-11-8/h4,6,12H,5H2,1-3H3. The third-order valence-corrected chi connectivity index (χ3v) is 1.65. The van der Waals surface area contributed by atoms with Crippen LogP contribution in [0.5, 0.6) is 0 Å². The highest BCUT2D eigenvalue weighted by Crippen LogP contribution is 2.19. The highest BCUT2D eigenvalue weighted by molar-refractivity contribution is 5.15. The van der Waals surface area contributed by atoms with Crippen LogP contribution < -0.4 is 0 Å². The number of hydrogen-bond donors (Lipinski definition) is 1. The van der Waals surface area contributed by atoms with Crippen molar-refractivity contribution >= 4 is 0 Å². The topological polar surface area (TPSA) is 46.0 Å². The first kappa shape index (κ1) is 9.13. The molecule has 0 bridgehead atoms. The van der Waals surface area contributed by atoms with Gasteiger partial charge in [-0.3, -0.25) is 0 Å². The van der Waals surface area contributed by atoms with E-state index in [0.717, 1.165) is 5.69 Å². The zero-order chi connectivity index (χ0) is 9.19. The molecule has 1 aromatic heterocycles. The molecule has 0 amide bonds. The highest BCUT2D eigenvalue weighted by Gasteiger charge is 2.15. The fourth-order valence-electron chi connectivity index (χ4n) is 0.894.